The third kappa shape index (κ3) is 2.34. The standard InChI is InChI=1S/C13H12N2O3S2/c16-12(15-4-1-2-9(15)13(17)18)10-6-14-11(20-10)8-3-5-19-7-8/h3,5-7,9H,1-2,4H2,(H,17,18). The number of carbonyl (C=O) groups is 2. The van der Waals surface area contributed by atoms with Crippen molar-refractivity contribution in [2.75, 3.05) is 6.54 Å². The Kier molecular flexibility index (Phi) is 3.54. The van der Waals surface area contributed by atoms with Gasteiger partial charge < -0.3 is 10.0 Å². The highest BCUT2D eigenvalue weighted by atomic mass is 32.1. The molecule has 20 heavy (non-hydrogen) atoms. The van der Waals surface area contributed by atoms with Gasteiger partial charge in [-0.2, -0.15) is 11.3 Å². The number of carboxylic acid groups (broad SMARTS) is 1. The normalized spacial score (nSPS) is 18.4. The van der Waals surface area contributed by atoms with Crippen LogP contribution in [0.1, 0.15) is 22.5 Å². The van der Waals surface area contributed by atoms with E-state index in [1.165, 1.54) is 22.4 Å². The summed E-state index contributed by atoms with van der Waals surface area (Å²) >= 11 is 2.89. The summed E-state index contributed by atoms with van der Waals surface area (Å²) in [5.41, 5.74) is 0.996. The summed E-state index contributed by atoms with van der Waals surface area (Å²) in [6, 6.07) is 1.25. The van der Waals surface area contributed by atoms with Crippen LogP contribution < -0.4 is 0 Å². The van der Waals surface area contributed by atoms with Gasteiger partial charge in [0.25, 0.3) is 5.91 Å². The minimum Gasteiger partial charge on any atom is -0.480 e. The first kappa shape index (κ1) is 13.3. The number of hydrogen-bond donors (Lipinski definition) is 1. The smallest absolute Gasteiger partial charge is 0.326 e. The molecule has 1 fully saturated rings. The van der Waals surface area contributed by atoms with Gasteiger partial charge in [0.1, 0.15) is 15.9 Å². The van der Waals surface area contributed by atoms with Crippen molar-refractivity contribution in [3.8, 4) is 10.6 Å². The van der Waals surface area contributed by atoms with Crippen LogP contribution in [0.4, 0.5) is 0 Å². The fraction of sp³-hybridized carbons (Fsp3) is 0.308. The van der Waals surface area contributed by atoms with Gasteiger partial charge in [-0.3, -0.25) is 4.79 Å². The van der Waals surface area contributed by atoms with Crippen LogP contribution >= 0.6 is 22.7 Å². The Hall–Kier alpha value is -1.73. The monoisotopic (exact) mass is 308 g/mol. The molecule has 3 rings (SSSR count). The van der Waals surface area contributed by atoms with E-state index < -0.39 is 12.0 Å². The Morgan fingerprint density at radius 3 is 3.00 bits per heavy atom. The molecule has 2 aromatic heterocycles. The fourth-order valence-electron chi connectivity index (χ4n) is 2.30. The maximum absolute atomic E-state index is 12.4. The molecule has 1 aliphatic heterocycles. The van der Waals surface area contributed by atoms with Gasteiger partial charge in [0, 0.05) is 17.5 Å². The van der Waals surface area contributed by atoms with Crippen LogP contribution in [0.3, 0.4) is 0 Å². The highest BCUT2D eigenvalue weighted by Gasteiger charge is 2.35. The van der Waals surface area contributed by atoms with Crippen molar-refractivity contribution in [3.05, 3.63) is 27.9 Å². The number of likely N-dealkylation sites (tertiary alicyclic amines) is 1. The quantitative estimate of drug-likeness (QED) is 0.946. The Morgan fingerprint density at radius 2 is 2.30 bits per heavy atom. The van der Waals surface area contributed by atoms with Crippen LogP contribution in [0.2, 0.25) is 0 Å². The van der Waals surface area contributed by atoms with Gasteiger partial charge in [-0.1, -0.05) is 0 Å². The zero-order valence-electron chi connectivity index (χ0n) is 10.5. The first-order valence-corrected chi connectivity index (χ1v) is 7.95. The molecular weight excluding hydrogens is 296 g/mol. The van der Waals surface area contributed by atoms with E-state index in [1.807, 2.05) is 16.8 Å². The van der Waals surface area contributed by atoms with E-state index in [2.05, 4.69) is 4.98 Å². The van der Waals surface area contributed by atoms with Gasteiger partial charge in [0.15, 0.2) is 0 Å². The van der Waals surface area contributed by atoms with E-state index in [0.29, 0.717) is 17.8 Å². The van der Waals surface area contributed by atoms with Crippen molar-refractivity contribution < 1.29 is 14.7 Å². The lowest BCUT2D eigenvalue weighted by atomic mass is 10.2. The predicted octanol–water partition coefficient (Wildman–Crippen LogP) is 2.56. The molecule has 1 amide bonds. The minimum absolute atomic E-state index is 0.228. The summed E-state index contributed by atoms with van der Waals surface area (Å²) in [6.45, 7) is 0.501. The molecule has 0 bridgehead atoms. The van der Waals surface area contributed by atoms with Crippen LogP contribution in [0.25, 0.3) is 10.6 Å². The van der Waals surface area contributed by atoms with Crippen LogP contribution in [0.5, 0.6) is 0 Å². The Labute approximate surface area is 123 Å². The molecule has 1 N–H and O–H groups in total. The van der Waals surface area contributed by atoms with Gasteiger partial charge in [-0.25, -0.2) is 9.78 Å². The number of carboxylic acids is 1. The second kappa shape index (κ2) is 5.34. The van der Waals surface area contributed by atoms with E-state index in [1.54, 1.807) is 11.3 Å². The molecule has 5 nitrogen and oxygen atoms in total. The second-order valence-corrected chi connectivity index (χ2v) is 6.35. The van der Waals surface area contributed by atoms with Crippen molar-refractivity contribution in [1.29, 1.82) is 0 Å². The number of aromatic nitrogens is 1. The topological polar surface area (TPSA) is 70.5 Å². The Balaban J connectivity index is 1.83. The zero-order chi connectivity index (χ0) is 14.1. The number of amides is 1. The van der Waals surface area contributed by atoms with E-state index in [4.69, 9.17) is 5.11 Å². The van der Waals surface area contributed by atoms with E-state index in [9.17, 15) is 9.59 Å². The molecule has 0 saturated carbocycles. The average Bonchev–Trinajstić information content (AvgIpc) is 3.17. The number of aliphatic carboxylic acids is 1. The number of carbonyl (C=O) groups excluding carboxylic acids is 1. The first-order valence-electron chi connectivity index (χ1n) is 6.19. The summed E-state index contributed by atoms with van der Waals surface area (Å²) in [7, 11) is 0. The van der Waals surface area contributed by atoms with Crippen molar-refractivity contribution in [2.45, 2.75) is 18.9 Å². The molecule has 7 heteroatoms. The maximum atomic E-state index is 12.4. The Morgan fingerprint density at radius 1 is 1.45 bits per heavy atom. The van der Waals surface area contributed by atoms with Gasteiger partial charge in [-0.05, 0) is 24.3 Å². The molecule has 1 unspecified atom stereocenters. The molecule has 0 aromatic carbocycles. The summed E-state index contributed by atoms with van der Waals surface area (Å²) < 4.78 is 0. The van der Waals surface area contributed by atoms with Gasteiger partial charge in [-0.15, -0.1) is 11.3 Å². The summed E-state index contributed by atoms with van der Waals surface area (Å²) in [5.74, 6) is -1.16. The number of nitrogens with zero attached hydrogens (tertiary/aromatic N) is 2. The maximum Gasteiger partial charge on any atom is 0.326 e. The van der Waals surface area contributed by atoms with Crippen LogP contribution in [-0.2, 0) is 4.79 Å². The lowest BCUT2D eigenvalue weighted by Crippen LogP contribution is -2.40. The van der Waals surface area contributed by atoms with Crippen LogP contribution in [0.15, 0.2) is 23.0 Å². The lowest BCUT2D eigenvalue weighted by Gasteiger charge is -2.20. The molecule has 104 valence electrons. The predicted molar refractivity (Wildman–Crippen MR) is 77.1 cm³/mol. The SMILES string of the molecule is O=C(O)C1CCCN1C(=O)c1cnc(-c2ccsc2)s1. The number of rotatable bonds is 3. The minimum atomic E-state index is -0.932. The van der Waals surface area contributed by atoms with Crippen molar-refractivity contribution in [2.24, 2.45) is 0 Å². The summed E-state index contributed by atoms with van der Waals surface area (Å²) in [4.78, 5) is 29.7. The van der Waals surface area contributed by atoms with E-state index >= 15 is 0 Å². The lowest BCUT2D eigenvalue weighted by molar-refractivity contribution is -0.141. The highest BCUT2D eigenvalue weighted by molar-refractivity contribution is 7.17. The molecular formula is C13H12N2O3S2. The molecule has 0 radical (unpaired) electrons. The number of thiazole rings is 1. The molecule has 1 saturated heterocycles. The van der Waals surface area contributed by atoms with Gasteiger partial charge in [0.05, 0.1) is 6.20 Å². The number of hydrogen-bond acceptors (Lipinski definition) is 5. The van der Waals surface area contributed by atoms with Crippen LogP contribution in [-0.4, -0.2) is 39.5 Å². The first-order chi connectivity index (χ1) is 9.66. The fourth-order valence-corrected chi connectivity index (χ4v) is 3.88. The molecule has 1 aliphatic rings. The second-order valence-electron chi connectivity index (χ2n) is 4.54. The van der Waals surface area contributed by atoms with Gasteiger partial charge >= 0.3 is 5.97 Å². The molecule has 0 spiro atoms. The van der Waals surface area contributed by atoms with Crippen molar-refractivity contribution in [3.63, 3.8) is 0 Å². The third-order valence-electron chi connectivity index (χ3n) is 3.28. The van der Waals surface area contributed by atoms with Crippen molar-refractivity contribution in [1.82, 2.24) is 9.88 Å². The van der Waals surface area contributed by atoms with E-state index in [-0.39, 0.29) is 5.91 Å². The van der Waals surface area contributed by atoms with Crippen LogP contribution in [0, 0.1) is 0 Å². The molecule has 1 atom stereocenters. The zero-order valence-corrected chi connectivity index (χ0v) is 12.1. The van der Waals surface area contributed by atoms with Crippen molar-refractivity contribution >= 4 is 34.6 Å². The summed E-state index contributed by atoms with van der Waals surface area (Å²) in [5, 5.41) is 13.9. The third-order valence-corrected chi connectivity index (χ3v) is 5.00. The van der Waals surface area contributed by atoms with E-state index in [0.717, 1.165) is 17.0 Å². The molecule has 0 aliphatic carbocycles. The highest BCUT2D eigenvalue weighted by Crippen LogP contribution is 2.29. The van der Waals surface area contributed by atoms with Gasteiger partial charge in [0.2, 0.25) is 0 Å². The summed E-state index contributed by atoms with van der Waals surface area (Å²) in [6.07, 6.45) is 2.80. The Bertz CT molecular complexity index is 636. The molecule has 3 heterocycles. The average molecular weight is 308 g/mol. The largest absolute Gasteiger partial charge is 0.480 e. The number of thiophene rings is 1. The molecule has 2 aromatic rings.